The van der Waals surface area contributed by atoms with Gasteiger partial charge in [-0.2, -0.15) is 17.4 Å². The maximum atomic E-state index is 12.3. The quantitative estimate of drug-likeness (QED) is 0.742. The summed E-state index contributed by atoms with van der Waals surface area (Å²) in [6.07, 6.45) is 6.18. The Labute approximate surface area is 111 Å². The van der Waals surface area contributed by atoms with Gasteiger partial charge in [0.2, 0.25) is 0 Å². The summed E-state index contributed by atoms with van der Waals surface area (Å²) >= 11 is 0. The van der Waals surface area contributed by atoms with Crippen LogP contribution in [0.3, 0.4) is 0 Å². The molecule has 6 heteroatoms. The number of hydrogen-bond donors (Lipinski definition) is 2. The predicted molar refractivity (Wildman–Crippen MR) is 74.4 cm³/mol. The number of nitrogens with zero attached hydrogens (tertiary/aromatic N) is 1. The van der Waals surface area contributed by atoms with Crippen LogP contribution in [-0.4, -0.2) is 37.9 Å². The molecule has 0 aromatic heterocycles. The van der Waals surface area contributed by atoms with Crippen LogP contribution in [0.5, 0.6) is 0 Å². The molecule has 1 saturated carbocycles. The summed E-state index contributed by atoms with van der Waals surface area (Å²) in [5.74, 6) is 0. The Morgan fingerprint density at radius 3 is 2.11 bits per heavy atom. The molecule has 18 heavy (non-hydrogen) atoms. The minimum absolute atomic E-state index is 0.0990. The van der Waals surface area contributed by atoms with Crippen LogP contribution in [0.4, 0.5) is 0 Å². The molecule has 0 aromatic rings. The lowest BCUT2D eigenvalue weighted by Crippen LogP contribution is -2.57. The first-order chi connectivity index (χ1) is 8.34. The van der Waals surface area contributed by atoms with E-state index < -0.39 is 15.7 Å². The van der Waals surface area contributed by atoms with Crippen LogP contribution < -0.4 is 10.5 Å². The van der Waals surface area contributed by atoms with Gasteiger partial charge in [0.15, 0.2) is 0 Å². The summed E-state index contributed by atoms with van der Waals surface area (Å²) in [7, 11) is -1.79. The highest BCUT2D eigenvalue weighted by Crippen LogP contribution is 2.32. The van der Waals surface area contributed by atoms with Gasteiger partial charge in [0.25, 0.3) is 10.2 Å². The van der Waals surface area contributed by atoms with Crippen LogP contribution in [0, 0.1) is 0 Å². The van der Waals surface area contributed by atoms with Crippen LogP contribution >= 0.6 is 0 Å². The molecule has 0 amide bonds. The smallest absolute Gasteiger partial charge is 0.279 e. The molecule has 0 heterocycles. The highest BCUT2D eigenvalue weighted by molar-refractivity contribution is 7.87. The first-order valence-corrected chi connectivity index (χ1v) is 8.24. The van der Waals surface area contributed by atoms with E-state index in [9.17, 15) is 8.42 Å². The Bertz CT molecular complexity index is 346. The summed E-state index contributed by atoms with van der Waals surface area (Å²) < 4.78 is 28.7. The van der Waals surface area contributed by atoms with E-state index in [0.29, 0.717) is 6.54 Å². The van der Waals surface area contributed by atoms with E-state index in [1.54, 1.807) is 7.05 Å². The highest BCUT2D eigenvalue weighted by Gasteiger charge is 2.40. The molecule has 0 saturated heterocycles. The molecular weight excluding hydrogens is 250 g/mol. The zero-order valence-corrected chi connectivity index (χ0v) is 12.6. The van der Waals surface area contributed by atoms with Gasteiger partial charge < -0.3 is 5.73 Å². The number of nitrogens with two attached hydrogens (primary N) is 1. The van der Waals surface area contributed by atoms with Gasteiger partial charge in [-0.25, -0.2) is 0 Å². The fourth-order valence-corrected chi connectivity index (χ4v) is 4.19. The third-order valence-corrected chi connectivity index (χ3v) is 5.71. The molecule has 0 aromatic carbocycles. The lowest BCUT2D eigenvalue weighted by atomic mass is 9.90. The fourth-order valence-electron chi connectivity index (χ4n) is 2.67. The minimum atomic E-state index is -3.44. The minimum Gasteiger partial charge on any atom is -0.329 e. The zero-order chi connectivity index (χ0) is 13.8. The molecule has 0 spiro atoms. The van der Waals surface area contributed by atoms with Crippen LogP contribution in [0.2, 0.25) is 0 Å². The van der Waals surface area contributed by atoms with E-state index in [2.05, 4.69) is 4.72 Å². The molecule has 0 atom stereocenters. The Balaban J connectivity index is 2.92. The molecule has 1 fully saturated rings. The summed E-state index contributed by atoms with van der Waals surface area (Å²) in [6, 6.07) is -0.0990. The first-order valence-electron chi connectivity index (χ1n) is 6.80. The molecular formula is C12H27N3O2S. The summed E-state index contributed by atoms with van der Waals surface area (Å²) in [6.45, 7) is 4.05. The molecule has 1 aliphatic carbocycles. The summed E-state index contributed by atoms with van der Waals surface area (Å²) in [5.41, 5.74) is 5.50. The van der Waals surface area contributed by atoms with Crippen LogP contribution in [0.15, 0.2) is 0 Å². The molecule has 0 bridgehead atoms. The largest absolute Gasteiger partial charge is 0.329 e. The van der Waals surface area contributed by atoms with E-state index in [0.717, 1.165) is 25.7 Å². The molecule has 5 nitrogen and oxygen atoms in total. The van der Waals surface area contributed by atoms with Gasteiger partial charge in [0, 0.05) is 25.2 Å². The lowest BCUT2D eigenvalue weighted by molar-refractivity contribution is 0.193. The van der Waals surface area contributed by atoms with Crippen LogP contribution in [0.1, 0.15) is 52.4 Å². The van der Waals surface area contributed by atoms with E-state index in [-0.39, 0.29) is 6.04 Å². The van der Waals surface area contributed by atoms with Crippen molar-refractivity contribution in [3.8, 4) is 0 Å². The second-order valence-corrected chi connectivity index (χ2v) is 7.32. The highest BCUT2D eigenvalue weighted by atomic mass is 32.2. The van der Waals surface area contributed by atoms with Crippen molar-refractivity contribution >= 4 is 10.2 Å². The van der Waals surface area contributed by atoms with Gasteiger partial charge in [-0.3, -0.25) is 0 Å². The van der Waals surface area contributed by atoms with Gasteiger partial charge in [-0.05, 0) is 26.7 Å². The summed E-state index contributed by atoms with van der Waals surface area (Å²) in [4.78, 5) is 0. The number of hydrogen-bond acceptors (Lipinski definition) is 3. The van der Waals surface area contributed by atoms with Crippen molar-refractivity contribution in [2.45, 2.75) is 64.0 Å². The van der Waals surface area contributed by atoms with E-state index >= 15 is 0 Å². The van der Waals surface area contributed by atoms with Crippen LogP contribution in [0.25, 0.3) is 0 Å². The predicted octanol–water partition coefficient (Wildman–Crippen LogP) is 1.21. The van der Waals surface area contributed by atoms with Gasteiger partial charge in [0.05, 0.1) is 0 Å². The number of nitrogens with one attached hydrogen (secondary N) is 1. The van der Waals surface area contributed by atoms with Crippen molar-refractivity contribution in [1.82, 2.24) is 9.03 Å². The van der Waals surface area contributed by atoms with Crippen molar-refractivity contribution in [1.29, 1.82) is 0 Å². The fraction of sp³-hybridized carbons (Fsp3) is 1.00. The Kier molecular flexibility index (Phi) is 5.58. The first kappa shape index (κ1) is 15.9. The lowest BCUT2D eigenvalue weighted by Gasteiger charge is -2.40. The molecule has 3 N–H and O–H groups in total. The molecule has 1 aliphatic rings. The molecule has 108 valence electrons. The standard InChI is InChI=1S/C12H27N3O2S/c1-11(2)14-18(16,17)15(3)12(10-13)8-6-4-5-7-9-12/h11,14H,4-10,13H2,1-3H3. The van der Waals surface area contributed by atoms with Gasteiger partial charge >= 0.3 is 0 Å². The zero-order valence-electron chi connectivity index (χ0n) is 11.8. The molecule has 1 rings (SSSR count). The number of likely N-dealkylation sites (N-methyl/N-ethyl adjacent to an activating group) is 1. The third-order valence-electron chi connectivity index (χ3n) is 3.83. The normalized spacial score (nSPS) is 21.2. The van der Waals surface area contributed by atoms with Gasteiger partial charge in [-0.1, -0.05) is 25.7 Å². The van der Waals surface area contributed by atoms with E-state index in [1.807, 2.05) is 13.8 Å². The van der Waals surface area contributed by atoms with Crippen molar-refractivity contribution in [3.05, 3.63) is 0 Å². The SMILES string of the molecule is CC(C)NS(=O)(=O)N(C)C1(CN)CCCCCC1. The Hall–Kier alpha value is -0.170. The van der Waals surface area contributed by atoms with Gasteiger partial charge in [-0.15, -0.1) is 0 Å². The maximum Gasteiger partial charge on any atom is 0.279 e. The maximum absolute atomic E-state index is 12.3. The molecule has 0 aliphatic heterocycles. The average molecular weight is 277 g/mol. The van der Waals surface area contributed by atoms with Crippen LogP contribution in [-0.2, 0) is 10.2 Å². The second kappa shape index (κ2) is 6.32. The topological polar surface area (TPSA) is 75.4 Å². The number of rotatable bonds is 5. The van der Waals surface area contributed by atoms with E-state index in [1.165, 1.54) is 17.1 Å². The third kappa shape index (κ3) is 3.66. The Morgan fingerprint density at radius 2 is 1.72 bits per heavy atom. The Morgan fingerprint density at radius 1 is 1.22 bits per heavy atom. The monoisotopic (exact) mass is 277 g/mol. The van der Waals surface area contributed by atoms with Crippen molar-refractivity contribution in [2.24, 2.45) is 5.73 Å². The van der Waals surface area contributed by atoms with E-state index in [4.69, 9.17) is 5.73 Å². The molecule has 0 unspecified atom stereocenters. The second-order valence-electron chi connectivity index (χ2n) is 5.59. The van der Waals surface area contributed by atoms with Crippen molar-refractivity contribution in [3.63, 3.8) is 0 Å². The van der Waals surface area contributed by atoms with Crippen molar-refractivity contribution in [2.75, 3.05) is 13.6 Å². The summed E-state index contributed by atoms with van der Waals surface area (Å²) in [5, 5.41) is 0. The average Bonchev–Trinajstić information content (AvgIpc) is 2.52. The molecule has 0 radical (unpaired) electrons. The van der Waals surface area contributed by atoms with Gasteiger partial charge in [0.1, 0.15) is 0 Å². The van der Waals surface area contributed by atoms with Crippen molar-refractivity contribution < 1.29 is 8.42 Å².